The normalized spacial score (nSPS) is 19.2. The molecule has 64 heavy (non-hydrogen) atoms. The molecule has 4 aromatic heterocycles. The molecule has 0 saturated heterocycles. The smallest absolute Gasteiger partial charge is 0.0634 e. The Morgan fingerprint density at radius 2 is 0.609 bits per heavy atom. The highest BCUT2D eigenvalue weighted by molar-refractivity contribution is 6.45. The average molecular weight is 849 g/mol. The second-order valence-electron chi connectivity index (χ2n) is 28.1. The van der Waals surface area contributed by atoms with Crippen LogP contribution in [-0.2, 0) is 43.3 Å². The molecule has 9 aromatic rings. The van der Waals surface area contributed by atoms with E-state index >= 15 is 0 Å². The molecule has 0 unspecified atom stereocenters. The highest BCUT2D eigenvalue weighted by atomic mass is 15.0. The largest absolute Gasteiger partial charge is 0.308 e. The van der Waals surface area contributed by atoms with E-state index in [1.54, 1.807) is 11.1 Å². The van der Waals surface area contributed by atoms with Gasteiger partial charge < -0.3 is 8.80 Å². The quantitative estimate of drug-likeness (QED) is 0.144. The first-order valence-corrected chi connectivity index (χ1v) is 24.9. The third-order valence-electron chi connectivity index (χ3n) is 17.4. The second kappa shape index (κ2) is 12.0. The molecule has 0 aliphatic heterocycles. The first-order chi connectivity index (χ1) is 29.3. The van der Waals surface area contributed by atoms with Gasteiger partial charge in [0, 0.05) is 43.1 Å². The van der Waals surface area contributed by atoms with Crippen molar-refractivity contribution in [3.63, 3.8) is 0 Å². The van der Waals surface area contributed by atoms with Gasteiger partial charge in [-0.1, -0.05) is 151 Å². The molecule has 0 amide bonds. The maximum absolute atomic E-state index is 2.81. The summed E-state index contributed by atoms with van der Waals surface area (Å²) in [6.45, 7) is 49.1. The summed E-state index contributed by atoms with van der Waals surface area (Å²) in [5.74, 6) is 0. The van der Waals surface area contributed by atoms with Gasteiger partial charge in [-0.15, -0.1) is 0 Å². The SMILES string of the molecule is CC(C)(C)c1cc(C(C)(C)C)c2c(c1)c1c3c4cc5c(cc4n4c6c(C(C)(C)C)cc(C(C)(C)C)cc6c(c6c7cc8c(cc7n2c61)C(C)(C)CCC8(C)C)c34)C(C)(C)CCC5(C)C. The zero-order valence-electron chi connectivity index (χ0n) is 43.3. The molecule has 2 aliphatic rings. The van der Waals surface area contributed by atoms with E-state index in [1.165, 1.54) is 135 Å². The Balaban J connectivity index is 1.55. The lowest BCUT2D eigenvalue weighted by Gasteiger charge is -2.42. The van der Waals surface area contributed by atoms with E-state index in [-0.39, 0.29) is 43.3 Å². The van der Waals surface area contributed by atoms with Crippen LogP contribution in [0.3, 0.4) is 0 Å². The molecule has 0 fully saturated rings. The van der Waals surface area contributed by atoms with E-state index in [0.717, 1.165) is 0 Å². The van der Waals surface area contributed by atoms with Crippen LogP contribution >= 0.6 is 0 Å². The summed E-state index contributed by atoms with van der Waals surface area (Å²) in [6, 6.07) is 21.2. The van der Waals surface area contributed by atoms with Gasteiger partial charge in [0.05, 0.1) is 33.1 Å². The summed E-state index contributed by atoms with van der Waals surface area (Å²) < 4.78 is 5.61. The fourth-order valence-corrected chi connectivity index (χ4v) is 13.0. The zero-order chi connectivity index (χ0) is 46.3. The van der Waals surface area contributed by atoms with Crippen molar-refractivity contribution in [1.29, 1.82) is 0 Å². The first kappa shape index (κ1) is 42.3. The molecule has 5 aromatic carbocycles. The van der Waals surface area contributed by atoms with Gasteiger partial charge in [-0.3, -0.25) is 0 Å². The molecule has 2 aliphatic carbocycles. The highest BCUT2D eigenvalue weighted by Gasteiger charge is 2.42. The van der Waals surface area contributed by atoms with Crippen molar-refractivity contribution in [3.05, 3.63) is 93.0 Å². The third-order valence-corrected chi connectivity index (χ3v) is 17.4. The Kier molecular flexibility index (Phi) is 7.93. The molecule has 11 rings (SSSR count). The topological polar surface area (TPSA) is 8.82 Å². The second-order valence-corrected chi connectivity index (χ2v) is 28.1. The van der Waals surface area contributed by atoms with E-state index < -0.39 is 0 Å². The number of hydrogen-bond acceptors (Lipinski definition) is 0. The van der Waals surface area contributed by atoms with Crippen LogP contribution in [0.15, 0.2) is 48.5 Å². The Morgan fingerprint density at radius 3 is 0.891 bits per heavy atom. The van der Waals surface area contributed by atoms with Crippen LogP contribution in [0.5, 0.6) is 0 Å². The maximum atomic E-state index is 2.81. The summed E-state index contributed by atoms with van der Waals surface area (Å²) in [5.41, 5.74) is 20.5. The van der Waals surface area contributed by atoms with E-state index in [4.69, 9.17) is 0 Å². The van der Waals surface area contributed by atoms with Crippen LogP contribution in [0.4, 0.5) is 0 Å². The van der Waals surface area contributed by atoms with Gasteiger partial charge in [-0.25, -0.2) is 0 Å². The molecule has 2 heteroatoms. The number of rotatable bonds is 0. The summed E-state index contributed by atoms with van der Waals surface area (Å²) in [5, 5.41) is 11.5. The molecule has 0 radical (unpaired) electrons. The van der Waals surface area contributed by atoms with Crippen LogP contribution in [0.25, 0.3) is 76.2 Å². The van der Waals surface area contributed by atoms with Gasteiger partial charge in [-0.05, 0) is 150 Å². The van der Waals surface area contributed by atoms with Crippen molar-refractivity contribution >= 4 is 76.2 Å². The number of hydrogen-bond donors (Lipinski definition) is 0. The number of fused-ring (bicyclic) bond motifs is 16. The molecule has 0 saturated carbocycles. The molecular weight excluding hydrogens is 773 g/mol. The molecule has 0 N–H and O–H groups in total. The molecular formula is C62H76N2. The molecule has 0 spiro atoms. The monoisotopic (exact) mass is 849 g/mol. The Morgan fingerprint density at radius 1 is 0.328 bits per heavy atom. The van der Waals surface area contributed by atoms with Crippen LogP contribution < -0.4 is 0 Å². The van der Waals surface area contributed by atoms with Crippen molar-refractivity contribution in [3.8, 4) is 0 Å². The molecule has 0 bridgehead atoms. The Hall–Kier alpha value is -4.30. The van der Waals surface area contributed by atoms with Gasteiger partial charge in [0.2, 0.25) is 0 Å². The highest BCUT2D eigenvalue weighted by Crippen LogP contribution is 2.58. The fraction of sp³-hybridized carbons (Fsp3) is 0.516. The van der Waals surface area contributed by atoms with Crippen molar-refractivity contribution in [2.45, 2.75) is 207 Å². The summed E-state index contributed by atoms with van der Waals surface area (Å²) >= 11 is 0. The molecule has 0 atom stereocenters. The average Bonchev–Trinajstić information content (AvgIpc) is 3.88. The van der Waals surface area contributed by atoms with E-state index in [0.29, 0.717) is 0 Å². The lowest BCUT2D eigenvalue weighted by molar-refractivity contribution is 0.332. The molecule has 2 nitrogen and oxygen atoms in total. The van der Waals surface area contributed by atoms with E-state index in [2.05, 4.69) is 196 Å². The van der Waals surface area contributed by atoms with Crippen LogP contribution in [0, 0.1) is 0 Å². The Bertz CT molecular complexity index is 3260. The van der Waals surface area contributed by atoms with Crippen LogP contribution in [0.2, 0.25) is 0 Å². The van der Waals surface area contributed by atoms with Crippen molar-refractivity contribution in [2.75, 3.05) is 0 Å². The number of benzene rings is 5. The standard InChI is InChI=1S/C62H76N2/c1-55(2,3)33-25-37-49-47-35-29-39-42(62(19,20)24-21-59(39,13)14)32-46(35)64-52-38(26-34(56(4,5)6)28-44(52)58(10,11)12)50(54(47)64)48-36-30-40-41(61(17,18)23-22-60(40,15)16)31-45(36)63(53(48)49)51(37)43(27-33)57(7,8)9/h25-32H,21-24H2,1-20H3. The fourth-order valence-electron chi connectivity index (χ4n) is 13.0. The van der Waals surface area contributed by atoms with Crippen molar-refractivity contribution < 1.29 is 0 Å². The van der Waals surface area contributed by atoms with Crippen molar-refractivity contribution in [2.24, 2.45) is 0 Å². The van der Waals surface area contributed by atoms with Gasteiger partial charge in [0.15, 0.2) is 0 Å². The predicted octanol–water partition coefficient (Wildman–Crippen LogP) is 17.9. The third kappa shape index (κ3) is 5.38. The first-order valence-electron chi connectivity index (χ1n) is 24.9. The number of nitrogens with zero attached hydrogens (tertiary/aromatic N) is 2. The van der Waals surface area contributed by atoms with Gasteiger partial charge >= 0.3 is 0 Å². The Labute approximate surface area is 383 Å². The summed E-state index contributed by atoms with van der Waals surface area (Å²) in [4.78, 5) is 0. The lowest BCUT2D eigenvalue weighted by atomic mass is 9.63. The maximum Gasteiger partial charge on any atom is 0.0634 e. The van der Waals surface area contributed by atoms with Crippen molar-refractivity contribution in [1.82, 2.24) is 8.80 Å². The summed E-state index contributed by atoms with van der Waals surface area (Å²) in [6.07, 6.45) is 4.79. The lowest BCUT2D eigenvalue weighted by Crippen LogP contribution is -2.33. The van der Waals surface area contributed by atoms with Crippen LogP contribution in [0.1, 0.15) is 209 Å². The van der Waals surface area contributed by atoms with Crippen LogP contribution in [-0.4, -0.2) is 8.80 Å². The minimum Gasteiger partial charge on any atom is -0.308 e. The molecule has 4 heterocycles. The van der Waals surface area contributed by atoms with E-state index in [9.17, 15) is 0 Å². The van der Waals surface area contributed by atoms with Gasteiger partial charge in [-0.2, -0.15) is 0 Å². The molecule has 334 valence electrons. The minimum atomic E-state index is -0.0801. The summed E-state index contributed by atoms with van der Waals surface area (Å²) in [7, 11) is 0. The van der Waals surface area contributed by atoms with Gasteiger partial charge in [0.1, 0.15) is 0 Å². The van der Waals surface area contributed by atoms with Gasteiger partial charge in [0.25, 0.3) is 0 Å². The van der Waals surface area contributed by atoms with E-state index in [1.807, 2.05) is 0 Å². The minimum absolute atomic E-state index is 0.0148. The zero-order valence-corrected chi connectivity index (χ0v) is 43.3. The predicted molar refractivity (Wildman–Crippen MR) is 281 cm³/mol. The number of aromatic nitrogens is 2.